The molecule has 0 saturated carbocycles. The lowest BCUT2D eigenvalue weighted by Gasteiger charge is -2.09. The van der Waals surface area contributed by atoms with Gasteiger partial charge in [-0.2, -0.15) is 0 Å². The van der Waals surface area contributed by atoms with Crippen LogP contribution in [0.5, 0.6) is 0 Å². The molecule has 6 nitrogen and oxygen atoms in total. The van der Waals surface area contributed by atoms with Crippen molar-refractivity contribution in [3.63, 3.8) is 0 Å². The van der Waals surface area contributed by atoms with Crippen LogP contribution in [0.15, 0.2) is 34.2 Å². The van der Waals surface area contributed by atoms with Crippen molar-refractivity contribution >= 4 is 22.4 Å². The van der Waals surface area contributed by atoms with Crippen molar-refractivity contribution in [3.8, 4) is 11.5 Å². The maximum atomic E-state index is 8.31. The molecule has 3 aromatic rings. The first-order chi connectivity index (χ1) is 10.8. The van der Waals surface area contributed by atoms with Crippen molar-refractivity contribution in [3.05, 3.63) is 45.1 Å². The molecule has 0 fully saturated rings. The maximum absolute atomic E-state index is 8.31. The third kappa shape index (κ3) is 3.27. The highest BCUT2D eigenvalue weighted by molar-refractivity contribution is 7.07. The maximum Gasteiger partial charge on any atom is 0.158 e. The molecular formula is C15H16N6S. The molecule has 0 aliphatic rings. The van der Waals surface area contributed by atoms with Crippen molar-refractivity contribution in [1.29, 1.82) is 0 Å². The second-order valence-electron chi connectivity index (χ2n) is 5.36. The topological polar surface area (TPSA) is 90.3 Å². The lowest BCUT2D eigenvalue weighted by atomic mass is 9.98. The predicted molar refractivity (Wildman–Crippen MR) is 88.7 cm³/mol. The number of nitrogens with one attached hydrogen (secondary N) is 1. The van der Waals surface area contributed by atoms with Gasteiger partial charge in [0.2, 0.25) is 0 Å². The van der Waals surface area contributed by atoms with Crippen LogP contribution < -0.4 is 0 Å². The van der Waals surface area contributed by atoms with E-state index >= 15 is 0 Å². The van der Waals surface area contributed by atoms with Gasteiger partial charge in [-0.3, -0.25) is 0 Å². The van der Waals surface area contributed by atoms with Crippen LogP contribution in [0.25, 0.3) is 33.0 Å². The Morgan fingerprint density at radius 3 is 3.14 bits per heavy atom. The second-order valence-corrected chi connectivity index (χ2v) is 6.08. The molecule has 7 heteroatoms. The van der Waals surface area contributed by atoms with Crippen LogP contribution in [-0.2, 0) is 6.42 Å². The summed E-state index contributed by atoms with van der Waals surface area (Å²) in [6.45, 7) is 2.72. The number of nitrogens with zero attached hydrogens (tertiary/aromatic N) is 5. The first-order valence-electron chi connectivity index (χ1n) is 7.14. The van der Waals surface area contributed by atoms with Gasteiger partial charge < -0.3 is 4.98 Å². The molecule has 2 heterocycles. The highest BCUT2D eigenvalue weighted by Gasteiger charge is 2.09. The standard InChI is InChI=1S/C15H16N6S/c1-10(4-5-18-21-16)6-11-2-3-12-13(7-11)20-15(19-12)14-8-22-9-17-14/h2-3,7-10H,4-6H2,1H3,(H,19,20). The predicted octanol–water partition coefficient (Wildman–Crippen LogP) is 4.57. The number of rotatable bonds is 6. The summed E-state index contributed by atoms with van der Waals surface area (Å²) in [6.07, 6.45) is 1.86. The van der Waals surface area contributed by atoms with Gasteiger partial charge in [0.15, 0.2) is 5.82 Å². The zero-order chi connectivity index (χ0) is 15.4. The summed E-state index contributed by atoms with van der Waals surface area (Å²) in [5.74, 6) is 1.29. The summed E-state index contributed by atoms with van der Waals surface area (Å²) >= 11 is 1.56. The van der Waals surface area contributed by atoms with E-state index < -0.39 is 0 Å². The molecule has 1 unspecified atom stereocenters. The summed E-state index contributed by atoms with van der Waals surface area (Å²) in [5.41, 5.74) is 14.2. The Kier molecular flexibility index (Phi) is 4.37. The number of H-pyrrole nitrogens is 1. The van der Waals surface area contributed by atoms with E-state index in [-0.39, 0.29) is 0 Å². The number of benzene rings is 1. The van der Waals surface area contributed by atoms with E-state index in [9.17, 15) is 0 Å². The zero-order valence-corrected chi connectivity index (χ0v) is 13.0. The van der Waals surface area contributed by atoms with Gasteiger partial charge in [0.05, 0.1) is 16.5 Å². The van der Waals surface area contributed by atoms with Crippen molar-refractivity contribution in [2.75, 3.05) is 6.54 Å². The van der Waals surface area contributed by atoms with Crippen LogP contribution in [0.1, 0.15) is 18.9 Å². The smallest absolute Gasteiger partial charge is 0.158 e. The largest absolute Gasteiger partial charge is 0.337 e. The quantitative estimate of drug-likeness (QED) is 0.410. The first-order valence-corrected chi connectivity index (χ1v) is 8.08. The van der Waals surface area contributed by atoms with Gasteiger partial charge in [0.25, 0.3) is 0 Å². The molecule has 0 saturated heterocycles. The molecule has 0 aliphatic carbocycles. The number of fused-ring (bicyclic) bond motifs is 1. The van der Waals surface area contributed by atoms with E-state index in [1.165, 1.54) is 5.56 Å². The Balaban J connectivity index is 1.76. The molecule has 112 valence electrons. The molecule has 1 atom stereocenters. The van der Waals surface area contributed by atoms with E-state index in [4.69, 9.17) is 5.53 Å². The van der Waals surface area contributed by atoms with Crippen molar-refractivity contribution in [1.82, 2.24) is 15.0 Å². The van der Waals surface area contributed by atoms with Gasteiger partial charge in [-0.05, 0) is 42.0 Å². The molecular weight excluding hydrogens is 296 g/mol. The van der Waals surface area contributed by atoms with Gasteiger partial charge >= 0.3 is 0 Å². The molecule has 1 aromatic carbocycles. The Morgan fingerprint density at radius 1 is 1.45 bits per heavy atom. The van der Waals surface area contributed by atoms with E-state index in [1.807, 2.05) is 11.4 Å². The van der Waals surface area contributed by atoms with Gasteiger partial charge in [0.1, 0.15) is 5.69 Å². The average molecular weight is 312 g/mol. The molecule has 0 spiro atoms. The van der Waals surface area contributed by atoms with Gasteiger partial charge in [-0.15, -0.1) is 11.3 Å². The Labute approximate surface area is 131 Å². The molecule has 0 radical (unpaired) electrons. The Hall–Kier alpha value is -2.37. The number of imidazole rings is 1. The minimum Gasteiger partial charge on any atom is -0.337 e. The Bertz CT molecular complexity index is 801. The third-order valence-corrected chi connectivity index (χ3v) is 4.18. The molecule has 22 heavy (non-hydrogen) atoms. The lowest BCUT2D eigenvalue weighted by Crippen LogP contribution is -2.01. The van der Waals surface area contributed by atoms with E-state index in [0.717, 1.165) is 35.4 Å². The number of aromatic amines is 1. The zero-order valence-electron chi connectivity index (χ0n) is 12.2. The minimum absolute atomic E-state index is 0.476. The monoisotopic (exact) mass is 312 g/mol. The van der Waals surface area contributed by atoms with E-state index in [0.29, 0.717) is 12.5 Å². The SMILES string of the molecule is CC(CCN=[N+]=[N-])Cc1ccc2nc(-c3cscn3)[nH]c2c1. The minimum atomic E-state index is 0.476. The van der Waals surface area contributed by atoms with E-state index in [2.05, 4.69) is 44.0 Å². The lowest BCUT2D eigenvalue weighted by molar-refractivity contribution is 0.538. The van der Waals surface area contributed by atoms with Gasteiger partial charge in [0, 0.05) is 16.8 Å². The molecule has 1 N–H and O–H groups in total. The fourth-order valence-electron chi connectivity index (χ4n) is 2.46. The molecule has 0 amide bonds. The van der Waals surface area contributed by atoms with Crippen LogP contribution in [0, 0.1) is 5.92 Å². The summed E-state index contributed by atoms with van der Waals surface area (Å²) in [6, 6.07) is 6.29. The molecule has 2 aromatic heterocycles. The van der Waals surface area contributed by atoms with Crippen molar-refractivity contribution < 1.29 is 0 Å². The fraction of sp³-hybridized carbons (Fsp3) is 0.333. The summed E-state index contributed by atoms with van der Waals surface area (Å²) < 4.78 is 0. The van der Waals surface area contributed by atoms with Crippen LogP contribution in [-0.4, -0.2) is 21.5 Å². The Morgan fingerprint density at radius 2 is 2.36 bits per heavy atom. The van der Waals surface area contributed by atoms with Crippen LogP contribution >= 0.6 is 11.3 Å². The van der Waals surface area contributed by atoms with E-state index in [1.54, 1.807) is 16.8 Å². The van der Waals surface area contributed by atoms with Gasteiger partial charge in [-0.25, -0.2) is 9.97 Å². The number of thiazole rings is 1. The van der Waals surface area contributed by atoms with Crippen LogP contribution in [0.3, 0.4) is 0 Å². The van der Waals surface area contributed by atoms with Gasteiger partial charge in [-0.1, -0.05) is 18.1 Å². The summed E-state index contributed by atoms with van der Waals surface area (Å²) in [4.78, 5) is 15.0. The summed E-state index contributed by atoms with van der Waals surface area (Å²) in [5, 5.41) is 5.58. The van der Waals surface area contributed by atoms with Crippen LogP contribution in [0.2, 0.25) is 0 Å². The third-order valence-electron chi connectivity index (χ3n) is 3.59. The van der Waals surface area contributed by atoms with Crippen molar-refractivity contribution in [2.24, 2.45) is 11.0 Å². The molecule has 0 aliphatic heterocycles. The highest BCUT2D eigenvalue weighted by atomic mass is 32.1. The van der Waals surface area contributed by atoms with Crippen LogP contribution in [0.4, 0.5) is 0 Å². The molecule has 3 rings (SSSR count). The average Bonchev–Trinajstić information content (AvgIpc) is 3.16. The second kappa shape index (κ2) is 6.60. The molecule has 0 bridgehead atoms. The number of azide groups is 1. The fourth-order valence-corrected chi connectivity index (χ4v) is 3.00. The number of aromatic nitrogens is 3. The first kappa shape index (κ1) is 14.6. The number of hydrogen-bond acceptors (Lipinski definition) is 4. The highest BCUT2D eigenvalue weighted by Crippen LogP contribution is 2.22. The normalized spacial score (nSPS) is 12.2. The van der Waals surface area contributed by atoms with Crippen molar-refractivity contribution in [2.45, 2.75) is 19.8 Å². The summed E-state index contributed by atoms with van der Waals surface area (Å²) in [7, 11) is 0. The number of hydrogen-bond donors (Lipinski definition) is 1.